The van der Waals surface area contributed by atoms with Crippen molar-refractivity contribution in [2.45, 2.75) is 43.2 Å². The summed E-state index contributed by atoms with van der Waals surface area (Å²) in [5.41, 5.74) is 4.58. The number of hydrogen-bond acceptors (Lipinski definition) is 4. The van der Waals surface area contributed by atoms with E-state index in [1.165, 1.54) is 11.6 Å². The van der Waals surface area contributed by atoms with E-state index in [1.54, 1.807) is 17.0 Å². The van der Waals surface area contributed by atoms with Gasteiger partial charge in [-0.3, -0.25) is 9.59 Å². The Labute approximate surface area is 205 Å². The Morgan fingerprint density at radius 1 is 0.914 bits per heavy atom. The molecule has 5 rings (SSSR count). The minimum Gasteiger partial charge on any atom is -0.337 e. The minimum absolute atomic E-state index is 0.0807. The lowest BCUT2D eigenvalue weighted by Crippen LogP contribution is -2.50. The molecule has 0 radical (unpaired) electrons. The quantitative estimate of drug-likeness (QED) is 0.556. The molecule has 2 amide bonds. The lowest BCUT2D eigenvalue weighted by Gasteiger charge is -2.32. The van der Waals surface area contributed by atoms with Gasteiger partial charge >= 0.3 is 0 Å². The smallest absolute Gasteiger partial charge is 0.241 e. The van der Waals surface area contributed by atoms with Gasteiger partial charge in [-0.25, -0.2) is 8.42 Å². The topological polar surface area (TPSA) is 95.6 Å². The number of carbonyl (C=O) groups is 2. The third-order valence-electron chi connectivity index (χ3n) is 6.60. The van der Waals surface area contributed by atoms with E-state index < -0.39 is 16.1 Å². The fourth-order valence-electron chi connectivity index (χ4n) is 4.72. The highest BCUT2D eigenvalue weighted by atomic mass is 32.2. The van der Waals surface area contributed by atoms with E-state index in [9.17, 15) is 18.0 Å². The van der Waals surface area contributed by atoms with Gasteiger partial charge in [0.25, 0.3) is 0 Å². The van der Waals surface area contributed by atoms with Crippen molar-refractivity contribution in [1.82, 2.24) is 9.62 Å². The number of aryl methyl sites for hydroxylation is 1. The second-order valence-corrected chi connectivity index (χ2v) is 10.7. The summed E-state index contributed by atoms with van der Waals surface area (Å²) >= 11 is 0. The van der Waals surface area contributed by atoms with E-state index in [0.717, 1.165) is 23.1 Å². The van der Waals surface area contributed by atoms with Gasteiger partial charge in [-0.05, 0) is 59.7 Å². The van der Waals surface area contributed by atoms with E-state index in [2.05, 4.69) is 16.1 Å². The molecule has 2 aliphatic heterocycles. The van der Waals surface area contributed by atoms with Crippen LogP contribution in [-0.2, 0) is 45.4 Å². The van der Waals surface area contributed by atoms with E-state index in [-0.39, 0.29) is 23.1 Å². The van der Waals surface area contributed by atoms with Crippen LogP contribution in [0.3, 0.4) is 0 Å². The lowest BCUT2D eigenvalue weighted by atomic mass is 9.98. The molecule has 180 valence electrons. The molecule has 2 heterocycles. The first-order valence-electron chi connectivity index (χ1n) is 11.7. The van der Waals surface area contributed by atoms with Gasteiger partial charge in [-0.15, -0.1) is 0 Å². The van der Waals surface area contributed by atoms with E-state index in [4.69, 9.17) is 0 Å². The van der Waals surface area contributed by atoms with Crippen LogP contribution in [0.25, 0.3) is 0 Å². The summed E-state index contributed by atoms with van der Waals surface area (Å²) in [6, 6.07) is 21.2. The molecule has 0 aromatic heterocycles. The molecule has 2 aliphatic rings. The Hall–Kier alpha value is -3.49. The molecule has 0 bridgehead atoms. The summed E-state index contributed by atoms with van der Waals surface area (Å²) < 4.78 is 29.5. The highest BCUT2D eigenvalue weighted by Gasteiger charge is 2.31. The fraction of sp³-hybridized carbons (Fsp3) is 0.259. The Balaban J connectivity index is 1.41. The number of carbonyl (C=O) groups excluding carboxylic acids is 2. The van der Waals surface area contributed by atoms with Gasteiger partial charge < -0.3 is 10.2 Å². The number of nitrogens with zero attached hydrogens (tertiary/aromatic N) is 1. The fourth-order valence-corrected chi connectivity index (χ4v) is 5.96. The largest absolute Gasteiger partial charge is 0.337 e. The van der Waals surface area contributed by atoms with Crippen LogP contribution in [0, 0.1) is 0 Å². The first-order chi connectivity index (χ1) is 16.9. The molecular weight excluding hydrogens is 462 g/mol. The predicted octanol–water partition coefficient (Wildman–Crippen LogP) is 3.05. The number of benzene rings is 3. The predicted molar refractivity (Wildman–Crippen MR) is 133 cm³/mol. The van der Waals surface area contributed by atoms with Crippen molar-refractivity contribution in [2.75, 3.05) is 11.9 Å². The maximum Gasteiger partial charge on any atom is 0.241 e. The number of anilines is 1. The van der Waals surface area contributed by atoms with Crippen LogP contribution in [0.1, 0.15) is 28.7 Å². The summed E-state index contributed by atoms with van der Waals surface area (Å²) in [4.78, 5) is 27.1. The number of hydrogen-bond donors (Lipinski definition) is 2. The number of fused-ring (bicyclic) bond motifs is 2. The molecule has 8 heteroatoms. The summed E-state index contributed by atoms with van der Waals surface area (Å²) in [6.07, 6.45) is 1.78. The molecule has 0 aliphatic carbocycles. The summed E-state index contributed by atoms with van der Waals surface area (Å²) in [5.74, 6) is -0.319. The van der Waals surface area contributed by atoms with Crippen LogP contribution in [0.15, 0.2) is 77.7 Å². The molecule has 3 aromatic rings. The molecule has 0 saturated carbocycles. The van der Waals surface area contributed by atoms with Crippen molar-refractivity contribution < 1.29 is 18.0 Å². The SMILES string of the molecule is O=C1CCc2cc(S(=O)(=O)NC(Cc3ccccc3)C(=O)N3CCc4ccccc4C3)ccc2N1. The maximum atomic E-state index is 13.6. The van der Waals surface area contributed by atoms with Crippen LogP contribution in [0.4, 0.5) is 5.69 Å². The summed E-state index contributed by atoms with van der Waals surface area (Å²) in [5, 5.41) is 2.77. The molecule has 0 saturated heterocycles. The molecule has 7 nitrogen and oxygen atoms in total. The Kier molecular flexibility index (Phi) is 6.40. The number of sulfonamides is 1. The van der Waals surface area contributed by atoms with Gasteiger partial charge in [0, 0.05) is 25.2 Å². The van der Waals surface area contributed by atoms with E-state index in [0.29, 0.717) is 31.6 Å². The van der Waals surface area contributed by atoms with Crippen LogP contribution in [-0.4, -0.2) is 37.7 Å². The van der Waals surface area contributed by atoms with Gasteiger partial charge in [-0.1, -0.05) is 54.6 Å². The minimum atomic E-state index is -3.98. The third-order valence-corrected chi connectivity index (χ3v) is 8.07. The van der Waals surface area contributed by atoms with Crippen molar-refractivity contribution in [3.05, 3.63) is 95.1 Å². The normalized spacial score (nSPS) is 16.1. The first-order valence-corrected chi connectivity index (χ1v) is 13.2. The van der Waals surface area contributed by atoms with Gasteiger partial charge in [0.05, 0.1) is 4.90 Å². The highest BCUT2D eigenvalue weighted by Crippen LogP contribution is 2.26. The summed E-state index contributed by atoms with van der Waals surface area (Å²) in [7, 11) is -3.98. The second kappa shape index (κ2) is 9.64. The van der Waals surface area contributed by atoms with Crippen molar-refractivity contribution in [2.24, 2.45) is 0 Å². The Bertz CT molecular complexity index is 1370. The molecule has 0 fully saturated rings. The van der Waals surface area contributed by atoms with Crippen molar-refractivity contribution in [3.8, 4) is 0 Å². The Morgan fingerprint density at radius 3 is 2.46 bits per heavy atom. The highest BCUT2D eigenvalue weighted by molar-refractivity contribution is 7.89. The zero-order valence-corrected chi connectivity index (χ0v) is 20.1. The standard InChI is InChI=1S/C27H27N3O4S/c31-26-13-10-21-17-23(11-12-24(21)28-26)35(33,34)29-25(16-19-6-2-1-3-7-19)27(32)30-15-14-20-8-4-5-9-22(20)18-30/h1-9,11-12,17,25,29H,10,13-16,18H2,(H,28,31). The molecular formula is C27H27N3O4S. The molecule has 1 atom stereocenters. The van der Waals surface area contributed by atoms with Gasteiger partial charge in [0.2, 0.25) is 21.8 Å². The van der Waals surface area contributed by atoms with Crippen LogP contribution in [0.2, 0.25) is 0 Å². The molecule has 1 unspecified atom stereocenters. The number of rotatable bonds is 6. The van der Waals surface area contributed by atoms with Crippen LogP contribution >= 0.6 is 0 Å². The maximum absolute atomic E-state index is 13.6. The summed E-state index contributed by atoms with van der Waals surface area (Å²) in [6.45, 7) is 1.00. The average molecular weight is 490 g/mol. The zero-order chi connectivity index (χ0) is 24.4. The third kappa shape index (κ3) is 5.13. The average Bonchev–Trinajstić information content (AvgIpc) is 2.87. The second-order valence-electron chi connectivity index (χ2n) is 9.01. The van der Waals surface area contributed by atoms with Gasteiger partial charge in [0.1, 0.15) is 6.04 Å². The van der Waals surface area contributed by atoms with Crippen LogP contribution < -0.4 is 10.0 Å². The van der Waals surface area contributed by atoms with E-state index in [1.807, 2.05) is 48.5 Å². The number of amides is 2. The van der Waals surface area contributed by atoms with Crippen LogP contribution in [0.5, 0.6) is 0 Å². The molecule has 3 aromatic carbocycles. The monoisotopic (exact) mass is 489 g/mol. The number of nitrogens with one attached hydrogen (secondary N) is 2. The van der Waals surface area contributed by atoms with Crippen molar-refractivity contribution in [1.29, 1.82) is 0 Å². The molecule has 35 heavy (non-hydrogen) atoms. The van der Waals surface area contributed by atoms with Crippen molar-refractivity contribution in [3.63, 3.8) is 0 Å². The lowest BCUT2D eigenvalue weighted by molar-refractivity contribution is -0.134. The first kappa shape index (κ1) is 23.3. The van der Waals surface area contributed by atoms with E-state index >= 15 is 0 Å². The Morgan fingerprint density at radius 2 is 1.66 bits per heavy atom. The molecule has 0 spiro atoms. The zero-order valence-electron chi connectivity index (χ0n) is 19.2. The molecule has 2 N–H and O–H groups in total. The van der Waals surface area contributed by atoms with Crippen molar-refractivity contribution >= 4 is 27.5 Å². The van der Waals surface area contributed by atoms with Gasteiger partial charge in [-0.2, -0.15) is 4.72 Å². The van der Waals surface area contributed by atoms with Gasteiger partial charge in [0.15, 0.2) is 0 Å².